The van der Waals surface area contributed by atoms with Crippen LogP contribution in [0.1, 0.15) is 22.4 Å². The summed E-state index contributed by atoms with van der Waals surface area (Å²) in [4.78, 5) is 4.61. The Hall–Kier alpha value is -1.63. The number of aromatic nitrogens is 1. The molecule has 0 aliphatic carbocycles. The molecule has 0 unspecified atom stereocenters. The Morgan fingerprint density at radius 2 is 1.44 bits per heavy atom. The van der Waals surface area contributed by atoms with Gasteiger partial charge in [-0.2, -0.15) is 0 Å². The third-order valence-corrected chi connectivity index (χ3v) is 3.02. The molecule has 0 atom stereocenters. The van der Waals surface area contributed by atoms with Crippen molar-refractivity contribution in [2.45, 2.75) is 27.7 Å². The van der Waals surface area contributed by atoms with Gasteiger partial charge in [-0.25, -0.2) is 0 Å². The fourth-order valence-electron chi connectivity index (χ4n) is 1.81. The van der Waals surface area contributed by atoms with Crippen LogP contribution in [0.2, 0.25) is 0 Å². The van der Waals surface area contributed by atoms with Gasteiger partial charge < -0.3 is 0 Å². The van der Waals surface area contributed by atoms with E-state index in [9.17, 15) is 0 Å². The van der Waals surface area contributed by atoms with Crippen molar-refractivity contribution >= 4 is 0 Å². The van der Waals surface area contributed by atoms with Gasteiger partial charge in [-0.1, -0.05) is 18.2 Å². The van der Waals surface area contributed by atoms with E-state index in [1.807, 2.05) is 6.92 Å². The highest BCUT2D eigenvalue weighted by atomic mass is 14.7. The molecule has 1 heterocycles. The first-order valence-electron chi connectivity index (χ1n) is 5.60. The lowest BCUT2D eigenvalue weighted by molar-refractivity contribution is 1.17. The zero-order chi connectivity index (χ0) is 11.7. The van der Waals surface area contributed by atoms with E-state index in [1.54, 1.807) is 0 Å². The molecule has 0 aliphatic heterocycles. The Morgan fingerprint density at radius 1 is 0.750 bits per heavy atom. The zero-order valence-electron chi connectivity index (χ0n) is 10.3. The number of hydrogen-bond acceptors (Lipinski definition) is 1. The SMILES string of the molecule is Cc1ccc(C)c(-c2ccc(C)c(C)c2)n1. The fourth-order valence-corrected chi connectivity index (χ4v) is 1.81. The van der Waals surface area contributed by atoms with Crippen LogP contribution < -0.4 is 0 Å². The molecule has 1 aromatic heterocycles. The van der Waals surface area contributed by atoms with Crippen LogP contribution in [0.3, 0.4) is 0 Å². The molecule has 2 aromatic rings. The molecule has 1 heteroatoms. The first kappa shape index (κ1) is 10.9. The Morgan fingerprint density at radius 3 is 2.12 bits per heavy atom. The third-order valence-electron chi connectivity index (χ3n) is 3.02. The maximum Gasteiger partial charge on any atom is 0.0734 e. The summed E-state index contributed by atoms with van der Waals surface area (Å²) in [7, 11) is 0. The lowest BCUT2D eigenvalue weighted by atomic mass is 10.0. The van der Waals surface area contributed by atoms with Crippen LogP contribution in [0.5, 0.6) is 0 Å². The first-order chi connectivity index (χ1) is 7.58. The molecule has 2 rings (SSSR count). The largest absolute Gasteiger partial charge is 0.253 e. The molecular weight excluding hydrogens is 194 g/mol. The Kier molecular flexibility index (Phi) is 2.78. The van der Waals surface area contributed by atoms with Crippen LogP contribution in [0.25, 0.3) is 11.3 Å². The average molecular weight is 211 g/mol. The maximum absolute atomic E-state index is 4.61. The highest BCUT2D eigenvalue weighted by Gasteiger charge is 2.04. The summed E-state index contributed by atoms with van der Waals surface area (Å²) in [5, 5.41) is 0. The number of hydrogen-bond donors (Lipinski definition) is 0. The summed E-state index contributed by atoms with van der Waals surface area (Å²) in [6, 6.07) is 10.7. The summed E-state index contributed by atoms with van der Waals surface area (Å²) in [5.74, 6) is 0. The van der Waals surface area contributed by atoms with Gasteiger partial charge in [-0.05, 0) is 56.5 Å². The molecule has 0 spiro atoms. The molecule has 1 nitrogen and oxygen atoms in total. The number of aryl methyl sites for hydroxylation is 4. The molecule has 1 aromatic carbocycles. The van der Waals surface area contributed by atoms with Crippen LogP contribution >= 0.6 is 0 Å². The normalized spacial score (nSPS) is 10.5. The lowest BCUT2D eigenvalue weighted by Crippen LogP contribution is -1.92. The number of pyridine rings is 1. The van der Waals surface area contributed by atoms with Gasteiger partial charge in [0.15, 0.2) is 0 Å². The summed E-state index contributed by atoms with van der Waals surface area (Å²) in [6.45, 7) is 8.42. The van der Waals surface area contributed by atoms with Gasteiger partial charge in [0, 0.05) is 11.3 Å². The van der Waals surface area contributed by atoms with E-state index < -0.39 is 0 Å². The Labute approximate surface area is 97.2 Å². The second kappa shape index (κ2) is 4.09. The number of benzene rings is 1. The second-order valence-electron chi connectivity index (χ2n) is 4.42. The van der Waals surface area contributed by atoms with Gasteiger partial charge in [-0.3, -0.25) is 4.98 Å². The quantitative estimate of drug-likeness (QED) is 0.695. The van der Waals surface area contributed by atoms with Crippen LogP contribution in [-0.4, -0.2) is 4.98 Å². The fraction of sp³-hybridized carbons (Fsp3) is 0.267. The van der Waals surface area contributed by atoms with Crippen LogP contribution in [0.15, 0.2) is 30.3 Å². The molecule has 0 aliphatic rings. The summed E-state index contributed by atoms with van der Waals surface area (Å²) < 4.78 is 0. The van der Waals surface area contributed by atoms with Crippen molar-refractivity contribution in [2.24, 2.45) is 0 Å². The molecule has 0 saturated carbocycles. The van der Waals surface area contributed by atoms with Crippen molar-refractivity contribution in [2.75, 3.05) is 0 Å². The van der Waals surface area contributed by atoms with Crippen LogP contribution in [0.4, 0.5) is 0 Å². The number of nitrogens with zero attached hydrogens (tertiary/aromatic N) is 1. The van der Waals surface area contributed by atoms with E-state index >= 15 is 0 Å². The molecule has 0 fully saturated rings. The van der Waals surface area contributed by atoms with E-state index in [0.29, 0.717) is 0 Å². The van der Waals surface area contributed by atoms with Crippen molar-refractivity contribution in [3.63, 3.8) is 0 Å². The minimum atomic E-state index is 1.07. The van der Waals surface area contributed by atoms with Crippen LogP contribution in [-0.2, 0) is 0 Å². The lowest BCUT2D eigenvalue weighted by Gasteiger charge is -2.08. The average Bonchev–Trinajstić information content (AvgIpc) is 2.26. The van der Waals surface area contributed by atoms with Crippen molar-refractivity contribution in [1.29, 1.82) is 0 Å². The highest BCUT2D eigenvalue weighted by molar-refractivity contribution is 5.64. The third kappa shape index (κ3) is 1.99. The Balaban J connectivity index is 2.58. The van der Waals surface area contributed by atoms with Crippen molar-refractivity contribution in [3.05, 3.63) is 52.7 Å². The maximum atomic E-state index is 4.61. The monoisotopic (exact) mass is 211 g/mol. The van der Waals surface area contributed by atoms with Gasteiger partial charge >= 0.3 is 0 Å². The van der Waals surface area contributed by atoms with Crippen molar-refractivity contribution in [3.8, 4) is 11.3 Å². The first-order valence-corrected chi connectivity index (χ1v) is 5.60. The van der Waals surface area contributed by atoms with E-state index in [1.165, 1.54) is 22.3 Å². The standard InChI is InChI=1S/C15H17N/c1-10-6-8-14(9-12(10)3)15-11(2)5-7-13(4)16-15/h5-9H,1-4H3. The summed E-state index contributed by atoms with van der Waals surface area (Å²) in [5.41, 5.74) is 7.26. The van der Waals surface area contributed by atoms with E-state index in [0.717, 1.165) is 11.4 Å². The molecular formula is C15H17N. The predicted octanol–water partition coefficient (Wildman–Crippen LogP) is 3.98. The molecule has 0 saturated heterocycles. The zero-order valence-corrected chi connectivity index (χ0v) is 10.3. The molecule has 82 valence electrons. The summed E-state index contributed by atoms with van der Waals surface area (Å²) in [6.07, 6.45) is 0. The van der Waals surface area contributed by atoms with Crippen molar-refractivity contribution in [1.82, 2.24) is 4.98 Å². The second-order valence-corrected chi connectivity index (χ2v) is 4.42. The molecule has 16 heavy (non-hydrogen) atoms. The molecule has 0 bridgehead atoms. The molecule has 0 radical (unpaired) electrons. The van der Waals surface area contributed by atoms with Crippen molar-refractivity contribution < 1.29 is 0 Å². The van der Waals surface area contributed by atoms with E-state index in [-0.39, 0.29) is 0 Å². The minimum absolute atomic E-state index is 1.07. The Bertz CT molecular complexity index is 527. The van der Waals surface area contributed by atoms with Gasteiger partial charge in [0.25, 0.3) is 0 Å². The summed E-state index contributed by atoms with van der Waals surface area (Å²) >= 11 is 0. The van der Waals surface area contributed by atoms with E-state index in [4.69, 9.17) is 0 Å². The van der Waals surface area contributed by atoms with Gasteiger partial charge in [0.2, 0.25) is 0 Å². The molecule has 0 amide bonds. The minimum Gasteiger partial charge on any atom is -0.253 e. The van der Waals surface area contributed by atoms with E-state index in [2.05, 4.69) is 56.1 Å². The van der Waals surface area contributed by atoms with Gasteiger partial charge in [-0.15, -0.1) is 0 Å². The van der Waals surface area contributed by atoms with Gasteiger partial charge in [0.05, 0.1) is 5.69 Å². The topological polar surface area (TPSA) is 12.9 Å². The smallest absolute Gasteiger partial charge is 0.0734 e. The van der Waals surface area contributed by atoms with Gasteiger partial charge in [0.1, 0.15) is 0 Å². The van der Waals surface area contributed by atoms with Crippen LogP contribution in [0, 0.1) is 27.7 Å². The number of rotatable bonds is 1. The predicted molar refractivity (Wildman–Crippen MR) is 68.6 cm³/mol. The molecule has 0 N–H and O–H groups in total. The highest BCUT2D eigenvalue weighted by Crippen LogP contribution is 2.23.